The highest BCUT2D eigenvalue weighted by atomic mass is 35.5. The van der Waals surface area contributed by atoms with E-state index in [1.54, 1.807) is 25.3 Å². The molecule has 3 aromatic carbocycles. The Kier molecular flexibility index (Phi) is 7.98. The van der Waals surface area contributed by atoms with Crippen LogP contribution in [0.4, 0.5) is 11.4 Å². The molecule has 0 saturated heterocycles. The highest BCUT2D eigenvalue weighted by Crippen LogP contribution is 2.27. The van der Waals surface area contributed by atoms with E-state index in [-0.39, 0.29) is 12.5 Å². The number of methoxy groups -OCH3 is 1. The van der Waals surface area contributed by atoms with Gasteiger partial charge in [0, 0.05) is 11.4 Å². The van der Waals surface area contributed by atoms with E-state index in [2.05, 4.69) is 22.8 Å². The molecule has 0 bridgehead atoms. The molecule has 2 N–H and O–H groups in total. The zero-order chi connectivity index (χ0) is 21.2. The quantitative estimate of drug-likeness (QED) is 0.427. The van der Waals surface area contributed by atoms with E-state index in [1.165, 1.54) is 5.56 Å². The third-order valence-electron chi connectivity index (χ3n) is 4.46. The van der Waals surface area contributed by atoms with E-state index in [1.807, 2.05) is 42.5 Å². The summed E-state index contributed by atoms with van der Waals surface area (Å²) in [6.07, 6.45) is 1.95. The van der Waals surface area contributed by atoms with Crippen LogP contribution >= 0.6 is 11.6 Å². The molecule has 3 rings (SSSR count). The van der Waals surface area contributed by atoms with Crippen molar-refractivity contribution in [1.29, 1.82) is 0 Å². The number of halogens is 1. The lowest BCUT2D eigenvalue weighted by Gasteiger charge is -2.10. The minimum Gasteiger partial charge on any atom is -0.495 e. The van der Waals surface area contributed by atoms with E-state index in [0.29, 0.717) is 23.1 Å². The van der Waals surface area contributed by atoms with E-state index in [4.69, 9.17) is 21.1 Å². The van der Waals surface area contributed by atoms with Gasteiger partial charge in [-0.2, -0.15) is 0 Å². The molecule has 0 heterocycles. The van der Waals surface area contributed by atoms with Gasteiger partial charge in [0.2, 0.25) is 5.91 Å². The summed E-state index contributed by atoms with van der Waals surface area (Å²) in [6.45, 7) is 0.801. The number of amides is 1. The number of rotatable bonds is 10. The lowest BCUT2D eigenvalue weighted by Crippen LogP contribution is -2.21. The Morgan fingerprint density at radius 2 is 1.70 bits per heavy atom. The molecule has 30 heavy (non-hydrogen) atoms. The largest absolute Gasteiger partial charge is 0.495 e. The van der Waals surface area contributed by atoms with Crippen molar-refractivity contribution in [2.24, 2.45) is 0 Å². The van der Waals surface area contributed by atoms with Crippen LogP contribution in [-0.2, 0) is 11.2 Å². The lowest BCUT2D eigenvalue weighted by atomic mass is 10.1. The van der Waals surface area contributed by atoms with Crippen LogP contribution in [0.5, 0.6) is 11.5 Å². The summed E-state index contributed by atoms with van der Waals surface area (Å²) in [5, 5.41) is 6.34. The monoisotopic (exact) mass is 424 g/mol. The maximum Gasteiger partial charge on any atom is 0.243 e. The van der Waals surface area contributed by atoms with Gasteiger partial charge in [0.25, 0.3) is 0 Å². The second kappa shape index (κ2) is 11.1. The van der Waals surface area contributed by atoms with Crippen LogP contribution in [0.1, 0.15) is 12.0 Å². The minimum absolute atomic E-state index is 0.140. The number of hydrogen-bond acceptors (Lipinski definition) is 4. The first-order valence-corrected chi connectivity index (χ1v) is 10.2. The van der Waals surface area contributed by atoms with E-state index in [0.717, 1.165) is 24.3 Å². The minimum atomic E-state index is -0.169. The van der Waals surface area contributed by atoms with Crippen LogP contribution in [0.15, 0.2) is 72.8 Å². The first-order chi connectivity index (χ1) is 14.6. The van der Waals surface area contributed by atoms with Crippen LogP contribution in [0.2, 0.25) is 5.02 Å². The van der Waals surface area contributed by atoms with Crippen LogP contribution in [0.3, 0.4) is 0 Å². The average Bonchev–Trinajstić information content (AvgIpc) is 2.77. The fourth-order valence-corrected chi connectivity index (χ4v) is 3.17. The van der Waals surface area contributed by atoms with Gasteiger partial charge in [0.15, 0.2) is 0 Å². The molecule has 0 atom stereocenters. The van der Waals surface area contributed by atoms with Crippen molar-refractivity contribution in [3.05, 3.63) is 83.4 Å². The standard InChI is InChI=1S/C24H25ClN2O3/c1-29-23-14-11-20(16-22(23)25)27-24(28)17-26-19-9-12-21(13-10-19)30-15-5-8-18-6-3-2-4-7-18/h2-4,6-7,9-14,16,26H,5,8,15,17H2,1H3,(H,27,28). The average molecular weight is 425 g/mol. The van der Waals surface area contributed by atoms with Crippen molar-refractivity contribution in [3.8, 4) is 11.5 Å². The summed E-state index contributed by atoms with van der Waals surface area (Å²) in [5.74, 6) is 1.21. The number of carbonyl (C=O) groups is 1. The molecule has 156 valence electrons. The van der Waals surface area contributed by atoms with Gasteiger partial charge < -0.3 is 20.1 Å². The Morgan fingerprint density at radius 3 is 2.40 bits per heavy atom. The Labute approximate surface area is 182 Å². The summed E-state index contributed by atoms with van der Waals surface area (Å²) in [5.41, 5.74) is 2.78. The third kappa shape index (κ3) is 6.71. The molecule has 0 fully saturated rings. The lowest BCUT2D eigenvalue weighted by molar-refractivity contribution is -0.114. The molecule has 0 saturated carbocycles. The Hall–Kier alpha value is -3.18. The second-order valence-electron chi connectivity index (χ2n) is 6.71. The highest BCUT2D eigenvalue weighted by Gasteiger charge is 2.06. The van der Waals surface area contributed by atoms with Crippen molar-refractivity contribution >= 4 is 28.9 Å². The van der Waals surface area contributed by atoms with Crippen molar-refractivity contribution in [1.82, 2.24) is 0 Å². The van der Waals surface area contributed by atoms with Crippen molar-refractivity contribution < 1.29 is 14.3 Å². The molecule has 0 radical (unpaired) electrons. The Balaban J connectivity index is 1.38. The first kappa shape index (κ1) is 21.5. The molecule has 3 aromatic rings. The summed E-state index contributed by atoms with van der Waals surface area (Å²) < 4.78 is 10.9. The number of hydrogen-bond donors (Lipinski definition) is 2. The molecule has 0 aliphatic rings. The van der Waals surface area contributed by atoms with Crippen LogP contribution in [0.25, 0.3) is 0 Å². The predicted molar refractivity (Wildman–Crippen MR) is 122 cm³/mol. The molecule has 0 aliphatic heterocycles. The maximum absolute atomic E-state index is 12.1. The zero-order valence-electron chi connectivity index (χ0n) is 16.9. The normalized spacial score (nSPS) is 10.3. The SMILES string of the molecule is COc1ccc(NC(=O)CNc2ccc(OCCCc3ccccc3)cc2)cc1Cl. The summed E-state index contributed by atoms with van der Waals surface area (Å²) in [4.78, 5) is 12.1. The Bertz CT molecular complexity index is 946. The molecule has 0 aromatic heterocycles. The molecule has 6 heteroatoms. The number of aryl methyl sites for hydroxylation is 1. The van der Waals surface area contributed by atoms with Crippen LogP contribution < -0.4 is 20.1 Å². The molecule has 0 unspecified atom stereocenters. The van der Waals surface area contributed by atoms with Crippen molar-refractivity contribution in [2.75, 3.05) is 30.9 Å². The number of nitrogens with one attached hydrogen (secondary N) is 2. The smallest absolute Gasteiger partial charge is 0.243 e. The molecule has 0 aliphatic carbocycles. The topological polar surface area (TPSA) is 59.6 Å². The van der Waals surface area contributed by atoms with Gasteiger partial charge >= 0.3 is 0 Å². The van der Waals surface area contributed by atoms with E-state index in [9.17, 15) is 4.79 Å². The van der Waals surface area contributed by atoms with Gasteiger partial charge in [-0.1, -0.05) is 41.9 Å². The van der Waals surface area contributed by atoms with Crippen LogP contribution in [-0.4, -0.2) is 26.2 Å². The Morgan fingerprint density at radius 1 is 0.967 bits per heavy atom. The van der Waals surface area contributed by atoms with Gasteiger partial charge in [-0.3, -0.25) is 4.79 Å². The fraction of sp³-hybridized carbons (Fsp3) is 0.208. The summed E-state index contributed by atoms with van der Waals surface area (Å²) in [7, 11) is 1.55. The van der Waals surface area contributed by atoms with Crippen molar-refractivity contribution in [3.63, 3.8) is 0 Å². The van der Waals surface area contributed by atoms with Crippen LogP contribution in [0, 0.1) is 0 Å². The van der Waals surface area contributed by atoms with Gasteiger partial charge in [-0.05, 0) is 60.9 Å². The summed E-state index contributed by atoms with van der Waals surface area (Å²) >= 11 is 6.07. The van der Waals surface area contributed by atoms with E-state index >= 15 is 0 Å². The molecule has 1 amide bonds. The highest BCUT2D eigenvalue weighted by molar-refractivity contribution is 6.32. The zero-order valence-corrected chi connectivity index (χ0v) is 17.6. The number of ether oxygens (including phenoxy) is 2. The fourth-order valence-electron chi connectivity index (χ4n) is 2.91. The van der Waals surface area contributed by atoms with Gasteiger partial charge in [0.1, 0.15) is 11.5 Å². The molecule has 0 spiro atoms. The summed E-state index contributed by atoms with van der Waals surface area (Å²) in [6, 6.07) is 23.1. The third-order valence-corrected chi connectivity index (χ3v) is 4.76. The van der Waals surface area contributed by atoms with E-state index < -0.39 is 0 Å². The maximum atomic E-state index is 12.1. The number of carbonyl (C=O) groups excluding carboxylic acids is 1. The number of benzene rings is 3. The molecular weight excluding hydrogens is 400 g/mol. The van der Waals surface area contributed by atoms with Gasteiger partial charge in [-0.15, -0.1) is 0 Å². The van der Waals surface area contributed by atoms with Gasteiger partial charge in [-0.25, -0.2) is 0 Å². The van der Waals surface area contributed by atoms with Gasteiger partial charge in [0.05, 0.1) is 25.3 Å². The van der Waals surface area contributed by atoms with Crippen molar-refractivity contribution in [2.45, 2.75) is 12.8 Å². The molecule has 5 nitrogen and oxygen atoms in total. The first-order valence-electron chi connectivity index (χ1n) is 9.78. The second-order valence-corrected chi connectivity index (χ2v) is 7.12. The molecular formula is C24H25ClN2O3. The number of anilines is 2. The predicted octanol–water partition coefficient (Wildman–Crippen LogP) is 5.41.